The average molecular weight is 387 g/mol. The third kappa shape index (κ3) is 4.57. The minimum atomic E-state index is -3.66. The van der Waals surface area contributed by atoms with Gasteiger partial charge in [0.2, 0.25) is 15.8 Å². The Hall–Kier alpha value is -3.04. The Labute approximate surface area is 156 Å². The fourth-order valence-electron chi connectivity index (χ4n) is 2.29. The second kappa shape index (κ2) is 8.11. The molecule has 0 aliphatic carbocycles. The topological polar surface area (TPSA) is 111 Å². The van der Waals surface area contributed by atoms with Crippen LogP contribution in [0.3, 0.4) is 0 Å². The number of nitrogens with one attached hydrogen (secondary N) is 1. The molecule has 0 saturated heterocycles. The number of carbonyl (C=O) groups is 1. The van der Waals surface area contributed by atoms with E-state index in [0.29, 0.717) is 5.82 Å². The molecule has 0 aliphatic heterocycles. The molecule has 2 aromatic carbocycles. The zero-order chi connectivity index (χ0) is 19.3. The minimum Gasteiger partial charge on any atom is -0.452 e. The van der Waals surface area contributed by atoms with Crippen LogP contribution in [0.4, 0.5) is 0 Å². The first-order chi connectivity index (χ1) is 13.0. The molecule has 27 heavy (non-hydrogen) atoms. The molecular formula is C18H17N3O5S. The first-order valence-corrected chi connectivity index (χ1v) is 9.63. The molecule has 0 amide bonds. The van der Waals surface area contributed by atoms with E-state index in [4.69, 9.17) is 9.26 Å². The Kier molecular flexibility index (Phi) is 5.63. The summed E-state index contributed by atoms with van der Waals surface area (Å²) in [5.74, 6) is -0.165. The molecule has 8 nitrogen and oxygen atoms in total. The molecule has 0 radical (unpaired) electrons. The molecule has 0 atom stereocenters. The van der Waals surface area contributed by atoms with Crippen molar-refractivity contribution in [1.82, 2.24) is 14.9 Å². The van der Waals surface area contributed by atoms with E-state index in [1.165, 1.54) is 24.3 Å². The smallest absolute Gasteiger partial charge is 0.338 e. The molecule has 0 bridgehead atoms. The average Bonchev–Trinajstić information content (AvgIpc) is 3.16. The molecule has 0 aliphatic rings. The summed E-state index contributed by atoms with van der Waals surface area (Å²) in [5.41, 5.74) is 0.886. The lowest BCUT2D eigenvalue weighted by Crippen LogP contribution is -2.23. The lowest BCUT2D eigenvalue weighted by Gasteiger charge is -2.06. The van der Waals surface area contributed by atoms with E-state index in [2.05, 4.69) is 14.9 Å². The molecule has 9 heteroatoms. The zero-order valence-corrected chi connectivity index (χ0v) is 15.3. The second-order valence-corrected chi connectivity index (χ2v) is 7.25. The fraction of sp³-hybridized carbons (Fsp3) is 0.167. The summed E-state index contributed by atoms with van der Waals surface area (Å²) in [7, 11) is -3.66. The van der Waals surface area contributed by atoms with E-state index in [9.17, 15) is 13.2 Å². The maximum Gasteiger partial charge on any atom is 0.338 e. The van der Waals surface area contributed by atoms with Gasteiger partial charge in [0.15, 0.2) is 6.61 Å². The predicted molar refractivity (Wildman–Crippen MR) is 96.2 cm³/mol. The van der Waals surface area contributed by atoms with Crippen LogP contribution in [0.1, 0.15) is 23.2 Å². The normalized spacial score (nSPS) is 11.3. The van der Waals surface area contributed by atoms with E-state index < -0.39 is 16.0 Å². The number of benzene rings is 2. The quantitative estimate of drug-likeness (QED) is 0.620. The van der Waals surface area contributed by atoms with Crippen molar-refractivity contribution < 1.29 is 22.5 Å². The molecule has 3 aromatic rings. The molecule has 3 rings (SSSR count). The molecule has 1 N–H and O–H groups in total. The van der Waals surface area contributed by atoms with Crippen LogP contribution in [0.15, 0.2) is 64.0 Å². The number of hydrogen-bond donors (Lipinski definition) is 1. The fourth-order valence-corrected chi connectivity index (χ4v) is 3.38. The Morgan fingerprint density at radius 2 is 1.93 bits per heavy atom. The van der Waals surface area contributed by atoms with Gasteiger partial charge in [0, 0.05) is 12.1 Å². The van der Waals surface area contributed by atoms with Gasteiger partial charge in [0.05, 0.1) is 10.5 Å². The van der Waals surface area contributed by atoms with E-state index in [-0.39, 0.29) is 29.5 Å². The van der Waals surface area contributed by atoms with E-state index in [1.807, 2.05) is 30.3 Å². The van der Waals surface area contributed by atoms with Gasteiger partial charge in [-0.05, 0) is 18.2 Å². The Bertz CT molecular complexity index is 1030. The van der Waals surface area contributed by atoms with Crippen molar-refractivity contribution in [2.24, 2.45) is 0 Å². The van der Waals surface area contributed by atoms with Crippen LogP contribution in [0.25, 0.3) is 11.4 Å². The third-order valence-electron chi connectivity index (χ3n) is 3.54. The van der Waals surface area contributed by atoms with Gasteiger partial charge in [-0.3, -0.25) is 0 Å². The van der Waals surface area contributed by atoms with Gasteiger partial charge in [0.1, 0.15) is 0 Å². The van der Waals surface area contributed by atoms with Crippen molar-refractivity contribution in [2.45, 2.75) is 18.4 Å². The highest BCUT2D eigenvalue weighted by molar-refractivity contribution is 7.89. The Balaban J connectivity index is 1.67. The first kappa shape index (κ1) is 18.7. The van der Waals surface area contributed by atoms with Gasteiger partial charge >= 0.3 is 5.97 Å². The first-order valence-electron chi connectivity index (χ1n) is 8.14. The molecule has 1 heterocycles. The number of ether oxygens (including phenoxy) is 1. The van der Waals surface area contributed by atoms with Gasteiger partial charge in [-0.25, -0.2) is 17.9 Å². The largest absolute Gasteiger partial charge is 0.452 e. The van der Waals surface area contributed by atoms with Crippen molar-refractivity contribution in [1.29, 1.82) is 0 Å². The van der Waals surface area contributed by atoms with Crippen molar-refractivity contribution in [3.63, 3.8) is 0 Å². The summed E-state index contributed by atoms with van der Waals surface area (Å²) in [4.78, 5) is 16.4. The lowest BCUT2D eigenvalue weighted by molar-refractivity contribution is 0.0429. The molecular weight excluding hydrogens is 370 g/mol. The van der Waals surface area contributed by atoms with Crippen LogP contribution < -0.4 is 4.72 Å². The van der Waals surface area contributed by atoms with Crippen LogP contribution >= 0.6 is 0 Å². The number of carbonyl (C=O) groups excluding carboxylic acids is 1. The maximum absolute atomic E-state index is 12.2. The molecule has 0 spiro atoms. The number of nitrogens with zero attached hydrogens (tertiary/aromatic N) is 2. The summed E-state index contributed by atoms with van der Waals surface area (Å²) in [5, 5.41) is 3.84. The number of esters is 1. The number of hydrogen-bond acceptors (Lipinski definition) is 7. The van der Waals surface area contributed by atoms with E-state index >= 15 is 0 Å². The van der Waals surface area contributed by atoms with Gasteiger partial charge < -0.3 is 9.26 Å². The summed E-state index contributed by atoms with van der Waals surface area (Å²) < 4.78 is 36.6. The van der Waals surface area contributed by atoms with Crippen LogP contribution in [0.2, 0.25) is 0 Å². The van der Waals surface area contributed by atoms with E-state index in [0.717, 1.165) is 5.56 Å². The highest BCUT2D eigenvalue weighted by Crippen LogP contribution is 2.16. The minimum absolute atomic E-state index is 0.0112. The second-order valence-electron chi connectivity index (χ2n) is 5.48. The van der Waals surface area contributed by atoms with Crippen LogP contribution in [-0.2, 0) is 21.4 Å². The van der Waals surface area contributed by atoms with Crippen molar-refractivity contribution in [3.8, 4) is 11.4 Å². The number of sulfonamides is 1. The van der Waals surface area contributed by atoms with Crippen LogP contribution in [0, 0.1) is 0 Å². The molecule has 0 saturated carbocycles. The summed E-state index contributed by atoms with van der Waals surface area (Å²) in [6.45, 7) is 1.70. The predicted octanol–water partition coefficient (Wildman–Crippen LogP) is 2.39. The third-order valence-corrected chi connectivity index (χ3v) is 5.08. The van der Waals surface area contributed by atoms with Crippen LogP contribution in [0.5, 0.6) is 0 Å². The Morgan fingerprint density at radius 3 is 2.67 bits per heavy atom. The summed E-state index contributed by atoms with van der Waals surface area (Å²) in [6.07, 6.45) is 0. The summed E-state index contributed by atoms with van der Waals surface area (Å²) >= 11 is 0. The van der Waals surface area contributed by atoms with Gasteiger partial charge in [-0.1, -0.05) is 48.5 Å². The van der Waals surface area contributed by atoms with Gasteiger partial charge in [0.25, 0.3) is 5.89 Å². The zero-order valence-electron chi connectivity index (χ0n) is 14.5. The molecule has 0 fully saturated rings. The van der Waals surface area contributed by atoms with Gasteiger partial charge in [-0.2, -0.15) is 4.98 Å². The monoisotopic (exact) mass is 387 g/mol. The lowest BCUT2D eigenvalue weighted by atomic mass is 10.2. The molecule has 0 unspecified atom stereocenters. The number of rotatable bonds is 7. The highest BCUT2D eigenvalue weighted by atomic mass is 32.2. The Morgan fingerprint density at radius 1 is 1.15 bits per heavy atom. The van der Waals surface area contributed by atoms with Crippen molar-refractivity contribution >= 4 is 16.0 Å². The van der Waals surface area contributed by atoms with Gasteiger partial charge in [-0.15, -0.1) is 0 Å². The molecule has 1 aromatic heterocycles. The summed E-state index contributed by atoms with van der Waals surface area (Å²) in [6, 6.07) is 14.8. The van der Waals surface area contributed by atoms with Crippen molar-refractivity contribution in [2.75, 3.05) is 6.54 Å². The van der Waals surface area contributed by atoms with Crippen molar-refractivity contribution in [3.05, 3.63) is 66.1 Å². The van der Waals surface area contributed by atoms with E-state index in [1.54, 1.807) is 6.92 Å². The maximum atomic E-state index is 12.2. The SMILES string of the molecule is CCNS(=O)(=O)c1cccc(C(=O)OCc2nc(-c3ccccc3)no2)c1. The highest BCUT2D eigenvalue weighted by Gasteiger charge is 2.17. The van der Waals surface area contributed by atoms with Crippen LogP contribution in [-0.4, -0.2) is 31.1 Å². The standard InChI is InChI=1S/C18H17N3O5S/c1-2-19-27(23,24)15-10-6-9-14(11-15)18(22)25-12-16-20-17(21-26-16)13-7-4-3-5-8-13/h3-11,19H,2,12H2,1H3. The number of aromatic nitrogens is 2. The molecule has 140 valence electrons.